The van der Waals surface area contributed by atoms with E-state index >= 15 is 0 Å². The zero-order valence-electron chi connectivity index (χ0n) is 18.7. The highest BCUT2D eigenvalue weighted by Gasteiger charge is 2.40. The molecule has 0 aromatic heterocycles. The molecule has 0 bridgehead atoms. The summed E-state index contributed by atoms with van der Waals surface area (Å²) in [4.78, 5) is 10.7. The number of aliphatic hydroxyl groups is 1. The number of aliphatic hydroxyl groups excluding tert-OH is 1. The van der Waals surface area contributed by atoms with Gasteiger partial charge < -0.3 is 15.6 Å². The standard InChI is InChI=1S/C22H31N3O6S2/c1-17-7-6-11-24(17)25(12-13-26)33(30,31)22-20(16-27)19-9-3-2-8-18(19)15-21(22)32(28,29)14-5-4-10-23/h2-3,8-9,13,15,17,27H,4-7,10-12,14,16,23H2,1H3. The van der Waals surface area contributed by atoms with Crippen LogP contribution in [0.4, 0.5) is 0 Å². The summed E-state index contributed by atoms with van der Waals surface area (Å²) in [6, 6.07) is 7.95. The number of benzene rings is 2. The van der Waals surface area contributed by atoms with Gasteiger partial charge in [-0.3, -0.25) is 0 Å². The molecule has 1 unspecified atom stereocenters. The van der Waals surface area contributed by atoms with E-state index in [9.17, 15) is 26.7 Å². The van der Waals surface area contributed by atoms with Gasteiger partial charge in [0.1, 0.15) is 11.2 Å². The Kier molecular flexibility index (Phi) is 8.25. The van der Waals surface area contributed by atoms with Crippen LogP contribution in [-0.2, 0) is 31.3 Å². The Labute approximate surface area is 195 Å². The molecule has 0 radical (unpaired) electrons. The van der Waals surface area contributed by atoms with Gasteiger partial charge in [0, 0.05) is 18.2 Å². The first-order valence-electron chi connectivity index (χ1n) is 11.0. The third-order valence-corrected chi connectivity index (χ3v) is 9.84. The Morgan fingerprint density at radius 2 is 1.94 bits per heavy atom. The van der Waals surface area contributed by atoms with Crippen LogP contribution in [0.1, 0.15) is 38.2 Å². The predicted molar refractivity (Wildman–Crippen MR) is 126 cm³/mol. The molecule has 1 aliphatic rings. The van der Waals surface area contributed by atoms with Crippen LogP contribution < -0.4 is 5.73 Å². The summed E-state index contributed by atoms with van der Waals surface area (Å²) in [5.41, 5.74) is 5.51. The Morgan fingerprint density at radius 3 is 2.55 bits per heavy atom. The highest BCUT2D eigenvalue weighted by atomic mass is 32.2. The van der Waals surface area contributed by atoms with Crippen LogP contribution in [0.15, 0.2) is 40.1 Å². The molecule has 1 heterocycles. The van der Waals surface area contributed by atoms with Gasteiger partial charge in [0.2, 0.25) is 0 Å². The Balaban J connectivity index is 2.31. The van der Waals surface area contributed by atoms with Crippen LogP contribution in [0.25, 0.3) is 10.8 Å². The Hall–Kier alpha value is -1.89. The number of hydrazine groups is 1. The van der Waals surface area contributed by atoms with Crippen LogP contribution >= 0.6 is 0 Å². The van der Waals surface area contributed by atoms with Crippen LogP contribution in [0.2, 0.25) is 0 Å². The summed E-state index contributed by atoms with van der Waals surface area (Å²) >= 11 is 0. The number of unbranched alkanes of at least 4 members (excludes halogenated alkanes) is 1. The summed E-state index contributed by atoms with van der Waals surface area (Å²) in [6.45, 7) is 1.48. The maximum atomic E-state index is 14.0. The van der Waals surface area contributed by atoms with Crippen molar-refractivity contribution in [1.29, 1.82) is 0 Å². The second-order valence-electron chi connectivity index (χ2n) is 8.21. The molecule has 1 fully saturated rings. The molecule has 0 aliphatic carbocycles. The maximum Gasteiger partial charge on any atom is 0.258 e. The van der Waals surface area contributed by atoms with E-state index in [0.29, 0.717) is 36.6 Å². The summed E-state index contributed by atoms with van der Waals surface area (Å²) in [5.74, 6) is -0.274. The van der Waals surface area contributed by atoms with Gasteiger partial charge in [0.05, 0.1) is 23.8 Å². The van der Waals surface area contributed by atoms with Gasteiger partial charge in [0.15, 0.2) is 9.84 Å². The minimum Gasteiger partial charge on any atom is -0.392 e. The number of hydrogen-bond acceptors (Lipinski definition) is 8. The second kappa shape index (κ2) is 10.6. The van der Waals surface area contributed by atoms with Gasteiger partial charge in [-0.2, -0.15) is 0 Å². The highest BCUT2D eigenvalue weighted by molar-refractivity contribution is 7.93. The van der Waals surface area contributed by atoms with Crippen molar-refractivity contribution in [2.75, 3.05) is 25.4 Å². The smallest absolute Gasteiger partial charge is 0.258 e. The van der Waals surface area contributed by atoms with Gasteiger partial charge >= 0.3 is 0 Å². The van der Waals surface area contributed by atoms with Crippen molar-refractivity contribution in [2.45, 2.75) is 55.0 Å². The first kappa shape index (κ1) is 25.7. The van der Waals surface area contributed by atoms with E-state index in [1.54, 1.807) is 29.3 Å². The van der Waals surface area contributed by atoms with E-state index in [2.05, 4.69) is 0 Å². The molecule has 2 aromatic rings. The van der Waals surface area contributed by atoms with Gasteiger partial charge in [-0.15, -0.1) is 4.41 Å². The molecule has 1 atom stereocenters. The molecule has 2 aromatic carbocycles. The van der Waals surface area contributed by atoms with E-state index in [0.717, 1.165) is 17.3 Å². The van der Waals surface area contributed by atoms with Crippen LogP contribution in [-0.4, -0.2) is 69.1 Å². The quantitative estimate of drug-likeness (QED) is 0.351. The second-order valence-corrected chi connectivity index (χ2v) is 12.1. The molecule has 33 heavy (non-hydrogen) atoms. The fourth-order valence-electron chi connectivity index (χ4n) is 4.35. The lowest BCUT2D eigenvalue weighted by molar-refractivity contribution is -0.110. The number of sulfonamides is 1. The van der Waals surface area contributed by atoms with Gasteiger partial charge in [-0.1, -0.05) is 24.3 Å². The van der Waals surface area contributed by atoms with Crippen LogP contribution in [0.5, 0.6) is 0 Å². The number of hydrogen-bond donors (Lipinski definition) is 2. The van der Waals surface area contributed by atoms with Crippen molar-refractivity contribution < 1.29 is 26.7 Å². The molecular formula is C22H31N3O6S2. The summed E-state index contributed by atoms with van der Waals surface area (Å²) in [5, 5.41) is 12.8. The van der Waals surface area contributed by atoms with Crippen LogP contribution in [0.3, 0.4) is 0 Å². The average molecular weight is 498 g/mol. The lowest BCUT2D eigenvalue weighted by atomic mass is 10.1. The largest absolute Gasteiger partial charge is 0.392 e. The number of nitrogens with zero attached hydrogens (tertiary/aromatic N) is 2. The van der Waals surface area contributed by atoms with E-state index in [-0.39, 0.29) is 28.7 Å². The lowest BCUT2D eigenvalue weighted by Gasteiger charge is -2.33. The first-order chi connectivity index (χ1) is 15.7. The van der Waals surface area contributed by atoms with Crippen molar-refractivity contribution in [3.8, 4) is 0 Å². The Morgan fingerprint density at radius 1 is 1.21 bits per heavy atom. The van der Waals surface area contributed by atoms with E-state index < -0.39 is 37.9 Å². The van der Waals surface area contributed by atoms with Crippen molar-refractivity contribution in [3.63, 3.8) is 0 Å². The first-order valence-corrected chi connectivity index (χ1v) is 14.1. The molecule has 3 N–H and O–H groups in total. The monoisotopic (exact) mass is 497 g/mol. The number of aldehydes is 1. The third-order valence-electron chi connectivity index (χ3n) is 6.00. The molecule has 3 rings (SSSR count). The zero-order valence-corrected chi connectivity index (χ0v) is 20.3. The molecule has 9 nitrogen and oxygen atoms in total. The summed E-state index contributed by atoms with van der Waals surface area (Å²) in [7, 11) is -8.53. The normalized spacial score (nSPS) is 17.8. The minimum atomic E-state index is -4.49. The third kappa shape index (κ3) is 5.13. The molecule has 1 aliphatic heterocycles. The molecular weight excluding hydrogens is 466 g/mol. The van der Waals surface area contributed by atoms with Gasteiger partial charge in [-0.05, 0) is 56.0 Å². The molecule has 0 saturated carbocycles. The highest BCUT2D eigenvalue weighted by Crippen LogP contribution is 2.36. The molecule has 11 heteroatoms. The molecule has 0 spiro atoms. The van der Waals surface area contributed by atoms with Crippen LogP contribution in [0, 0.1) is 0 Å². The number of sulfone groups is 1. The maximum absolute atomic E-state index is 14.0. The fourth-order valence-corrected chi connectivity index (χ4v) is 8.35. The topological polar surface area (TPSA) is 138 Å². The van der Waals surface area contributed by atoms with E-state index in [1.807, 2.05) is 6.92 Å². The summed E-state index contributed by atoms with van der Waals surface area (Å²) in [6.07, 6.45) is 2.74. The van der Waals surface area contributed by atoms with E-state index in [1.165, 1.54) is 6.07 Å². The van der Waals surface area contributed by atoms with Crippen molar-refractivity contribution in [3.05, 3.63) is 35.9 Å². The van der Waals surface area contributed by atoms with Gasteiger partial charge in [0.25, 0.3) is 10.0 Å². The lowest BCUT2D eigenvalue weighted by Crippen LogP contribution is -2.49. The van der Waals surface area contributed by atoms with Gasteiger partial charge in [-0.25, -0.2) is 21.8 Å². The number of carbonyl (C=O) groups is 1. The average Bonchev–Trinajstić information content (AvgIpc) is 3.21. The van der Waals surface area contributed by atoms with Crippen molar-refractivity contribution >= 4 is 36.9 Å². The van der Waals surface area contributed by atoms with E-state index in [4.69, 9.17) is 5.73 Å². The number of nitrogens with two attached hydrogens (primary N) is 1. The number of fused-ring (bicyclic) bond motifs is 1. The Bertz CT molecular complexity index is 1210. The molecule has 0 amide bonds. The fraction of sp³-hybridized carbons (Fsp3) is 0.500. The van der Waals surface area contributed by atoms with Crippen molar-refractivity contribution in [1.82, 2.24) is 9.42 Å². The SMILES string of the molecule is CC1CCCN1N(CC=O)S(=O)(=O)c1c(S(=O)(=O)CCCCN)cc2ccccc2c1CO. The molecule has 182 valence electrons. The summed E-state index contributed by atoms with van der Waals surface area (Å²) < 4.78 is 55.7. The zero-order chi connectivity index (χ0) is 24.2. The minimum absolute atomic E-state index is 0.00764. The number of carbonyl (C=O) groups excluding carboxylic acids is 1. The predicted octanol–water partition coefficient (Wildman–Crippen LogP) is 1.43. The number of rotatable bonds is 11. The molecule has 1 saturated heterocycles. The van der Waals surface area contributed by atoms with Crippen molar-refractivity contribution in [2.24, 2.45) is 5.73 Å².